The molecule has 0 atom stereocenters. The van der Waals surface area contributed by atoms with E-state index in [1.807, 2.05) is 19.9 Å². The van der Waals surface area contributed by atoms with Crippen molar-refractivity contribution in [2.75, 3.05) is 6.61 Å². The number of hydrogen-bond acceptors (Lipinski definition) is 2. The maximum absolute atomic E-state index is 11.4. The van der Waals surface area contributed by atoms with Gasteiger partial charge in [0.2, 0.25) is 0 Å². The molecule has 0 aromatic rings. The Hall–Kier alpha value is -0.630. The Labute approximate surface area is 73.3 Å². The van der Waals surface area contributed by atoms with Crippen molar-refractivity contribution in [2.24, 2.45) is 5.41 Å². The van der Waals surface area contributed by atoms with Gasteiger partial charge in [-0.25, -0.2) is 0 Å². The Kier molecular flexibility index (Phi) is 2.68. The van der Waals surface area contributed by atoms with E-state index >= 15 is 0 Å². The Morgan fingerprint density at radius 1 is 1.50 bits per heavy atom. The van der Waals surface area contributed by atoms with Crippen LogP contribution in [0.25, 0.3) is 0 Å². The number of carbonyl (C=O) groups is 1. The number of rotatable bonds is 1. The monoisotopic (exact) mass is 168 g/mol. The summed E-state index contributed by atoms with van der Waals surface area (Å²) in [4.78, 5) is 11.4. The van der Waals surface area contributed by atoms with Crippen LogP contribution in [0.2, 0.25) is 0 Å². The maximum Gasteiger partial charge on any atom is 0.139 e. The molecule has 1 fully saturated rings. The summed E-state index contributed by atoms with van der Waals surface area (Å²) < 4.78 is 0. The fourth-order valence-corrected chi connectivity index (χ4v) is 1.67. The highest BCUT2D eigenvalue weighted by Crippen LogP contribution is 2.35. The second kappa shape index (κ2) is 3.40. The van der Waals surface area contributed by atoms with Crippen molar-refractivity contribution < 1.29 is 9.90 Å². The Morgan fingerprint density at radius 3 is 2.67 bits per heavy atom. The first-order chi connectivity index (χ1) is 5.56. The van der Waals surface area contributed by atoms with Gasteiger partial charge in [0.05, 0.1) is 6.61 Å². The molecule has 0 bridgehead atoms. The normalized spacial score (nSPS) is 26.2. The number of allylic oxidation sites excluding steroid dienone is 1. The topological polar surface area (TPSA) is 37.3 Å². The summed E-state index contributed by atoms with van der Waals surface area (Å²) in [5.41, 5.74) is 1.02. The number of hydrogen-bond donors (Lipinski definition) is 1. The molecule has 1 rings (SSSR count). The molecule has 2 heteroatoms. The van der Waals surface area contributed by atoms with Crippen LogP contribution in [-0.2, 0) is 4.79 Å². The molecule has 0 spiro atoms. The van der Waals surface area contributed by atoms with E-state index in [4.69, 9.17) is 5.11 Å². The molecule has 0 unspecified atom stereocenters. The quantitative estimate of drug-likeness (QED) is 0.605. The molecule has 12 heavy (non-hydrogen) atoms. The van der Waals surface area contributed by atoms with Crippen LogP contribution in [0.1, 0.15) is 33.1 Å². The van der Waals surface area contributed by atoms with Gasteiger partial charge in [-0.2, -0.15) is 0 Å². The summed E-state index contributed by atoms with van der Waals surface area (Å²) in [7, 11) is 0. The van der Waals surface area contributed by atoms with Gasteiger partial charge in [-0.05, 0) is 12.8 Å². The summed E-state index contributed by atoms with van der Waals surface area (Å²) in [6.45, 7) is 4.04. The minimum Gasteiger partial charge on any atom is -0.392 e. The first-order valence-corrected chi connectivity index (χ1v) is 4.38. The van der Waals surface area contributed by atoms with Crippen LogP contribution in [0.4, 0.5) is 0 Å². The first kappa shape index (κ1) is 9.46. The average Bonchev–Trinajstić information content (AvgIpc) is 1.97. The molecule has 1 aliphatic rings. The minimum atomic E-state index is -0.209. The summed E-state index contributed by atoms with van der Waals surface area (Å²) >= 11 is 0. The highest BCUT2D eigenvalue weighted by atomic mass is 16.2. The van der Waals surface area contributed by atoms with Gasteiger partial charge in [-0.1, -0.05) is 25.5 Å². The van der Waals surface area contributed by atoms with Crippen LogP contribution in [0.15, 0.2) is 11.6 Å². The number of Topliss-reactive ketones (excluding diaryl/α,β-unsaturated/α-hetero) is 1. The zero-order valence-electron chi connectivity index (χ0n) is 7.76. The van der Waals surface area contributed by atoms with Gasteiger partial charge in [0.1, 0.15) is 5.78 Å². The van der Waals surface area contributed by atoms with E-state index in [2.05, 4.69) is 0 Å². The third-order valence-corrected chi connectivity index (χ3v) is 2.48. The van der Waals surface area contributed by atoms with Crippen LogP contribution in [0.5, 0.6) is 0 Å². The van der Waals surface area contributed by atoms with E-state index in [1.165, 1.54) is 5.57 Å². The van der Waals surface area contributed by atoms with Crippen molar-refractivity contribution in [1.82, 2.24) is 0 Å². The molecule has 0 aromatic heterocycles. The number of ketones is 1. The molecule has 1 saturated carbocycles. The lowest BCUT2D eigenvalue weighted by Crippen LogP contribution is -2.28. The van der Waals surface area contributed by atoms with Crippen molar-refractivity contribution in [3.63, 3.8) is 0 Å². The Bertz CT molecular complexity index is 214. The number of aliphatic hydroxyl groups excluding tert-OH is 1. The van der Waals surface area contributed by atoms with E-state index in [9.17, 15) is 4.79 Å². The van der Waals surface area contributed by atoms with E-state index in [0.29, 0.717) is 12.2 Å². The van der Waals surface area contributed by atoms with Crippen molar-refractivity contribution in [1.29, 1.82) is 0 Å². The summed E-state index contributed by atoms with van der Waals surface area (Å²) in [5, 5.41) is 8.69. The highest BCUT2D eigenvalue weighted by molar-refractivity contribution is 5.85. The molecule has 68 valence electrons. The summed E-state index contributed by atoms with van der Waals surface area (Å²) in [6, 6.07) is 0. The third-order valence-electron chi connectivity index (χ3n) is 2.48. The molecule has 2 nitrogen and oxygen atoms in total. The maximum atomic E-state index is 11.4. The van der Waals surface area contributed by atoms with Crippen molar-refractivity contribution in [3.05, 3.63) is 11.6 Å². The van der Waals surface area contributed by atoms with Crippen LogP contribution in [-0.4, -0.2) is 17.5 Å². The van der Waals surface area contributed by atoms with Gasteiger partial charge in [0.25, 0.3) is 0 Å². The fraction of sp³-hybridized carbons (Fsp3) is 0.700. The smallest absolute Gasteiger partial charge is 0.139 e. The molecule has 0 saturated heterocycles. The van der Waals surface area contributed by atoms with E-state index < -0.39 is 0 Å². The number of carbonyl (C=O) groups excluding carboxylic acids is 1. The van der Waals surface area contributed by atoms with Crippen molar-refractivity contribution >= 4 is 5.78 Å². The largest absolute Gasteiger partial charge is 0.392 e. The lowest BCUT2D eigenvalue weighted by atomic mass is 9.74. The van der Waals surface area contributed by atoms with Crippen molar-refractivity contribution in [3.8, 4) is 0 Å². The van der Waals surface area contributed by atoms with Gasteiger partial charge >= 0.3 is 0 Å². The lowest BCUT2D eigenvalue weighted by molar-refractivity contribution is -0.128. The minimum absolute atomic E-state index is 0.0968. The Balaban J connectivity index is 2.69. The zero-order valence-corrected chi connectivity index (χ0v) is 7.76. The van der Waals surface area contributed by atoms with Gasteiger partial charge < -0.3 is 5.11 Å². The molecule has 0 aromatic carbocycles. The van der Waals surface area contributed by atoms with E-state index in [0.717, 1.165) is 12.8 Å². The average molecular weight is 168 g/mol. The predicted molar refractivity (Wildman–Crippen MR) is 47.8 cm³/mol. The summed E-state index contributed by atoms with van der Waals surface area (Å²) in [5.74, 6) is 0.345. The molecule has 0 heterocycles. The molecule has 1 N–H and O–H groups in total. The van der Waals surface area contributed by atoms with Gasteiger partial charge in [0, 0.05) is 11.8 Å². The lowest BCUT2D eigenvalue weighted by Gasteiger charge is -2.29. The first-order valence-electron chi connectivity index (χ1n) is 4.38. The predicted octanol–water partition coefficient (Wildman–Crippen LogP) is 1.68. The number of aliphatic hydroxyl groups is 1. The fourth-order valence-electron chi connectivity index (χ4n) is 1.67. The molecule has 0 aliphatic heterocycles. The molecule has 0 radical (unpaired) electrons. The zero-order chi connectivity index (χ0) is 9.19. The van der Waals surface area contributed by atoms with Crippen molar-refractivity contribution in [2.45, 2.75) is 33.1 Å². The van der Waals surface area contributed by atoms with E-state index in [-0.39, 0.29) is 12.0 Å². The molecule has 1 aliphatic carbocycles. The summed E-state index contributed by atoms with van der Waals surface area (Å²) in [6.07, 6.45) is 4.11. The standard InChI is InChI=1S/C10H16O2/c1-10(2)7-8(5-6-11)3-4-9(10)12/h5,11H,3-4,6-7H2,1-2H3/b8-5-. The molecular formula is C10H16O2. The van der Waals surface area contributed by atoms with E-state index in [1.54, 1.807) is 0 Å². The van der Waals surface area contributed by atoms with Crippen LogP contribution in [0, 0.1) is 5.41 Å². The second-order valence-corrected chi connectivity index (χ2v) is 4.03. The van der Waals surface area contributed by atoms with Crippen LogP contribution >= 0.6 is 0 Å². The SMILES string of the molecule is CC1(C)C/C(=C\CO)CCC1=O. The van der Waals surface area contributed by atoms with Gasteiger partial charge in [0.15, 0.2) is 0 Å². The highest BCUT2D eigenvalue weighted by Gasteiger charge is 2.31. The van der Waals surface area contributed by atoms with Crippen LogP contribution < -0.4 is 0 Å². The van der Waals surface area contributed by atoms with Gasteiger partial charge in [-0.15, -0.1) is 0 Å². The molecular weight excluding hydrogens is 152 g/mol. The third kappa shape index (κ3) is 1.95. The van der Waals surface area contributed by atoms with Gasteiger partial charge in [-0.3, -0.25) is 4.79 Å². The Morgan fingerprint density at radius 2 is 2.17 bits per heavy atom. The second-order valence-electron chi connectivity index (χ2n) is 4.03. The molecule has 0 amide bonds. The van der Waals surface area contributed by atoms with Crippen LogP contribution in [0.3, 0.4) is 0 Å².